The van der Waals surface area contributed by atoms with Gasteiger partial charge in [-0.05, 0) is 37.7 Å². The van der Waals surface area contributed by atoms with E-state index in [1.54, 1.807) is 0 Å². The number of hydrogen-bond acceptors (Lipinski definition) is 4. The second-order valence-electron chi connectivity index (χ2n) is 5.91. The standard InChI is InChI=1S/C13H22ClN3O2S/c1-13(2,9-17(3)4)8-16-20(18,19)10-5-6-12(15)11(14)7-10/h5-7,16H,8-9,15H2,1-4H3. The monoisotopic (exact) mass is 319 g/mol. The van der Waals surface area contributed by atoms with E-state index in [0.29, 0.717) is 12.2 Å². The molecule has 0 aliphatic carbocycles. The zero-order valence-electron chi connectivity index (χ0n) is 12.3. The molecule has 114 valence electrons. The molecule has 0 amide bonds. The minimum atomic E-state index is -3.58. The summed E-state index contributed by atoms with van der Waals surface area (Å²) in [6.07, 6.45) is 0. The maximum atomic E-state index is 12.2. The lowest BCUT2D eigenvalue weighted by molar-refractivity contribution is 0.242. The van der Waals surface area contributed by atoms with Crippen molar-refractivity contribution in [3.8, 4) is 0 Å². The lowest BCUT2D eigenvalue weighted by atomic mass is 9.93. The zero-order valence-corrected chi connectivity index (χ0v) is 13.8. The van der Waals surface area contributed by atoms with Crippen molar-refractivity contribution in [1.29, 1.82) is 0 Å². The van der Waals surface area contributed by atoms with Crippen molar-refractivity contribution in [1.82, 2.24) is 9.62 Å². The van der Waals surface area contributed by atoms with E-state index in [1.165, 1.54) is 18.2 Å². The first kappa shape index (κ1) is 17.2. The normalized spacial score (nSPS) is 12.9. The Labute approximate surface area is 126 Å². The van der Waals surface area contributed by atoms with Crippen LogP contribution in [0, 0.1) is 5.41 Å². The fraction of sp³-hybridized carbons (Fsp3) is 0.538. The molecule has 0 aromatic heterocycles. The van der Waals surface area contributed by atoms with Gasteiger partial charge < -0.3 is 10.6 Å². The zero-order chi connectivity index (χ0) is 15.6. The smallest absolute Gasteiger partial charge is 0.240 e. The Bertz CT molecular complexity index is 571. The fourth-order valence-corrected chi connectivity index (χ4v) is 3.47. The number of sulfonamides is 1. The van der Waals surface area contributed by atoms with Crippen LogP contribution in [-0.2, 0) is 10.0 Å². The summed E-state index contributed by atoms with van der Waals surface area (Å²) in [5.74, 6) is 0. The molecule has 20 heavy (non-hydrogen) atoms. The quantitative estimate of drug-likeness (QED) is 0.784. The van der Waals surface area contributed by atoms with Crippen molar-refractivity contribution in [2.45, 2.75) is 18.7 Å². The first-order valence-electron chi connectivity index (χ1n) is 6.23. The first-order valence-corrected chi connectivity index (χ1v) is 8.09. The molecule has 0 bridgehead atoms. The molecule has 0 aliphatic rings. The highest BCUT2D eigenvalue weighted by atomic mass is 35.5. The van der Waals surface area contributed by atoms with Gasteiger partial charge in [-0.25, -0.2) is 13.1 Å². The third-order valence-electron chi connectivity index (χ3n) is 2.77. The van der Waals surface area contributed by atoms with Crippen LogP contribution in [0.2, 0.25) is 5.02 Å². The van der Waals surface area contributed by atoms with E-state index < -0.39 is 10.0 Å². The number of nitrogens with two attached hydrogens (primary N) is 1. The van der Waals surface area contributed by atoms with Crippen molar-refractivity contribution >= 4 is 27.3 Å². The molecular weight excluding hydrogens is 298 g/mol. The van der Waals surface area contributed by atoms with E-state index in [1.807, 2.05) is 32.8 Å². The largest absolute Gasteiger partial charge is 0.398 e. The van der Waals surface area contributed by atoms with E-state index >= 15 is 0 Å². The second kappa shape index (κ2) is 6.30. The molecule has 0 saturated heterocycles. The molecule has 3 N–H and O–H groups in total. The minimum absolute atomic E-state index is 0.123. The van der Waals surface area contributed by atoms with E-state index in [9.17, 15) is 8.42 Å². The van der Waals surface area contributed by atoms with Crippen molar-refractivity contribution in [2.75, 3.05) is 32.9 Å². The van der Waals surface area contributed by atoms with Gasteiger partial charge in [0.25, 0.3) is 0 Å². The van der Waals surface area contributed by atoms with Crippen LogP contribution in [0.25, 0.3) is 0 Å². The van der Waals surface area contributed by atoms with E-state index in [0.717, 1.165) is 6.54 Å². The van der Waals surface area contributed by atoms with E-state index in [2.05, 4.69) is 4.72 Å². The number of rotatable bonds is 6. The second-order valence-corrected chi connectivity index (χ2v) is 8.08. The van der Waals surface area contributed by atoms with Crippen LogP contribution in [-0.4, -0.2) is 40.5 Å². The average molecular weight is 320 g/mol. The van der Waals surface area contributed by atoms with Crippen LogP contribution in [0.3, 0.4) is 0 Å². The summed E-state index contributed by atoms with van der Waals surface area (Å²) in [6, 6.07) is 4.29. The molecule has 0 aliphatic heterocycles. The van der Waals surface area contributed by atoms with Gasteiger partial charge in [0.15, 0.2) is 0 Å². The van der Waals surface area contributed by atoms with E-state index in [-0.39, 0.29) is 15.3 Å². The van der Waals surface area contributed by atoms with Crippen LogP contribution >= 0.6 is 11.6 Å². The Kier molecular flexibility index (Phi) is 5.43. The summed E-state index contributed by atoms with van der Waals surface area (Å²) in [5.41, 5.74) is 5.76. The Morgan fingerprint density at radius 1 is 1.35 bits per heavy atom. The van der Waals surface area contributed by atoms with Crippen molar-refractivity contribution in [2.24, 2.45) is 5.41 Å². The van der Waals surface area contributed by atoms with Gasteiger partial charge in [0, 0.05) is 13.1 Å². The van der Waals surface area contributed by atoms with Crippen LogP contribution in [0.4, 0.5) is 5.69 Å². The van der Waals surface area contributed by atoms with Crippen LogP contribution in [0.1, 0.15) is 13.8 Å². The molecule has 5 nitrogen and oxygen atoms in total. The topological polar surface area (TPSA) is 75.4 Å². The molecule has 1 rings (SSSR count). The summed E-state index contributed by atoms with van der Waals surface area (Å²) in [6.45, 7) is 5.13. The predicted molar refractivity (Wildman–Crippen MR) is 83.4 cm³/mol. The third-order valence-corrected chi connectivity index (χ3v) is 4.49. The summed E-state index contributed by atoms with van der Waals surface area (Å²) < 4.78 is 27.0. The molecule has 0 atom stereocenters. The lowest BCUT2D eigenvalue weighted by Gasteiger charge is -2.28. The molecule has 7 heteroatoms. The van der Waals surface area contributed by atoms with Gasteiger partial charge in [0.2, 0.25) is 10.0 Å². The van der Waals surface area contributed by atoms with Crippen molar-refractivity contribution in [3.63, 3.8) is 0 Å². The van der Waals surface area contributed by atoms with Gasteiger partial charge in [-0.1, -0.05) is 25.4 Å². The van der Waals surface area contributed by atoms with Gasteiger partial charge in [-0.2, -0.15) is 0 Å². The molecule has 0 saturated carbocycles. The summed E-state index contributed by atoms with van der Waals surface area (Å²) in [7, 11) is 0.332. The van der Waals surface area contributed by atoms with Gasteiger partial charge in [-0.15, -0.1) is 0 Å². The highest BCUT2D eigenvalue weighted by molar-refractivity contribution is 7.89. The van der Waals surface area contributed by atoms with Crippen LogP contribution in [0.5, 0.6) is 0 Å². The number of nitrogens with zero attached hydrogens (tertiary/aromatic N) is 1. The number of hydrogen-bond donors (Lipinski definition) is 2. The van der Waals surface area contributed by atoms with Gasteiger partial charge in [0.1, 0.15) is 0 Å². The average Bonchev–Trinajstić information content (AvgIpc) is 2.29. The van der Waals surface area contributed by atoms with E-state index in [4.69, 9.17) is 17.3 Å². The van der Waals surface area contributed by atoms with Gasteiger partial charge in [0.05, 0.1) is 15.6 Å². The minimum Gasteiger partial charge on any atom is -0.398 e. The Balaban J connectivity index is 2.82. The SMILES string of the molecule is CN(C)CC(C)(C)CNS(=O)(=O)c1ccc(N)c(Cl)c1. The molecule has 0 fully saturated rings. The van der Waals surface area contributed by atoms with Crippen LogP contribution in [0.15, 0.2) is 23.1 Å². The molecular formula is C13H22ClN3O2S. The number of nitrogen functional groups attached to an aromatic ring is 1. The molecule has 1 aromatic carbocycles. The molecule has 0 radical (unpaired) electrons. The Morgan fingerprint density at radius 2 is 1.95 bits per heavy atom. The van der Waals surface area contributed by atoms with Crippen LogP contribution < -0.4 is 10.5 Å². The fourth-order valence-electron chi connectivity index (χ4n) is 1.96. The summed E-state index contributed by atoms with van der Waals surface area (Å²) in [5, 5.41) is 0.237. The third kappa shape index (κ3) is 4.94. The Morgan fingerprint density at radius 3 is 2.45 bits per heavy atom. The lowest BCUT2D eigenvalue weighted by Crippen LogP contribution is -2.39. The number of anilines is 1. The van der Waals surface area contributed by atoms with Crippen molar-refractivity contribution < 1.29 is 8.42 Å². The molecule has 0 unspecified atom stereocenters. The highest BCUT2D eigenvalue weighted by Gasteiger charge is 2.23. The Hall–Kier alpha value is -0.820. The molecule has 1 aromatic rings. The summed E-state index contributed by atoms with van der Waals surface area (Å²) in [4.78, 5) is 2.14. The van der Waals surface area contributed by atoms with Gasteiger partial charge >= 0.3 is 0 Å². The number of benzene rings is 1. The first-order chi connectivity index (χ1) is 9.03. The maximum Gasteiger partial charge on any atom is 0.240 e. The highest BCUT2D eigenvalue weighted by Crippen LogP contribution is 2.23. The number of halogens is 1. The maximum absolute atomic E-state index is 12.2. The number of nitrogens with one attached hydrogen (secondary N) is 1. The summed E-state index contributed by atoms with van der Waals surface area (Å²) >= 11 is 5.85. The van der Waals surface area contributed by atoms with Gasteiger partial charge in [-0.3, -0.25) is 0 Å². The molecule has 0 heterocycles. The molecule has 0 spiro atoms. The predicted octanol–water partition coefficient (Wildman–Crippen LogP) is 1.79. The van der Waals surface area contributed by atoms with Crippen molar-refractivity contribution in [3.05, 3.63) is 23.2 Å².